The summed E-state index contributed by atoms with van der Waals surface area (Å²) in [6, 6.07) is -2.34. The van der Waals surface area contributed by atoms with Crippen molar-refractivity contribution >= 4 is 25.8 Å². The number of hydrogen-bond donors (Lipinski definition) is 2. The van der Waals surface area contributed by atoms with Crippen LogP contribution in [0.4, 0.5) is 4.79 Å². The Labute approximate surface area is 216 Å². The Morgan fingerprint density at radius 1 is 0.861 bits per heavy atom. The predicted octanol–water partition coefficient (Wildman–Crippen LogP) is 4.87. The Kier molecular flexibility index (Phi) is 16.2. The second kappa shape index (κ2) is 16.9. The highest BCUT2D eigenvalue weighted by atomic mass is 31.2. The summed E-state index contributed by atoms with van der Waals surface area (Å²) in [4.78, 5) is 37.5. The van der Waals surface area contributed by atoms with Gasteiger partial charge in [0.25, 0.3) is 0 Å². The van der Waals surface area contributed by atoms with Crippen molar-refractivity contribution in [3.63, 3.8) is 0 Å². The molecule has 11 nitrogen and oxygen atoms in total. The van der Waals surface area contributed by atoms with E-state index in [1.807, 2.05) is 0 Å². The minimum absolute atomic E-state index is 0.170. The molecule has 0 heterocycles. The molecule has 0 rings (SSSR count). The van der Waals surface area contributed by atoms with Crippen molar-refractivity contribution in [2.75, 3.05) is 13.2 Å². The molecule has 0 fully saturated rings. The number of carbonyl (C=O) groups excluding carboxylic acids is 3. The lowest BCUT2D eigenvalue weighted by atomic mass is 10.2. The second-order valence-corrected chi connectivity index (χ2v) is 11.6. The van der Waals surface area contributed by atoms with Gasteiger partial charge in [-0.15, -0.1) is 0 Å². The highest BCUT2D eigenvalue weighted by molar-refractivity contribution is 7.48. The van der Waals surface area contributed by atoms with Crippen LogP contribution in [0, 0.1) is 0 Å². The molecule has 0 aromatic heterocycles. The number of esters is 1. The fourth-order valence-corrected chi connectivity index (χ4v) is 4.30. The third-order valence-corrected chi connectivity index (χ3v) is 6.12. The van der Waals surface area contributed by atoms with Gasteiger partial charge in [0.1, 0.15) is 11.6 Å². The number of nitrogens with one attached hydrogen (secondary N) is 2. The van der Waals surface area contributed by atoms with E-state index in [9.17, 15) is 18.9 Å². The second-order valence-electron chi connectivity index (χ2n) is 10.1. The van der Waals surface area contributed by atoms with Crippen molar-refractivity contribution < 1.29 is 42.0 Å². The Balaban J connectivity index is 5.31. The van der Waals surface area contributed by atoms with E-state index in [0.717, 1.165) is 25.7 Å². The van der Waals surface area contributed by atoms with E-state index in [1.165, 1.54) is 6.92 Å². The highest BCUT2D eigenvalue weighted by Crippen LogP contribution is 2.51. The van der Waals surface area contributed by atoms with E-state index in [-0.39, 0.29) is 6.61 Å². The van der Waals surface area contributed by atoms with Crippen LogP contribution in [0.15, 0.2) is 0 Å². The van der Waals surface area contributed by atoms with Gasteiger partial charge in [0, 0.05) is 0 Å². The van der Waals surface area contributed by atoms with E-state index in [4.69, 9.17) is 23.0 Å². The van der Waals surface area contributed by atoms with Crippen LogP contribution in [0.2, 0.25) is 0 Å². The summed E-state index contributed by atoms with van der Waals surface area (Å²) in [7, 11) is -4.03. The average Bonchev–Trinajstić information content (AvgIpc) is 2.70. The Bertz CT molecular complexity index is 709. The fraction of sp³-hybridized carbons (Fsp3) is 0.875. The molecule has 2 atom stereocenters. The summed E-state index contributed by atoms with van der Waals surface area (Å²) >= 11 is 0. The molecule has 0 aromatic carbocycles. The normalized spacial score (nSPS) is 13.9. The first-order chi connectivity index (χ1) is 16.6. The monoisotopic (exact) mass is 538 g/mol. The van der Waals surface area contributed by atoms with Crippen LogP contribution in [0.1, 0.15) is 94.4 Å². The zero-order valence-electron chi connectivity index (χ0n) is 23.4. The summed E-state index contributed by atoms with van der Waals surface area (Å²) in [5.74, 6) is -1.44. The Morgan fingerprint density at radius 2 is 1.42 bits per heavy atom. The summed E-state index contributed by atoms with van der Waals surface area (Å²) < 4.78 is 39.6. The molecule has 0 aromatic rings. The summed E-state index contributed by atoms with van der Waals surface area (Å²) in [5.41, 5.74) is -0.744. The number of amides is 2. The van der Waals surface area contributed by atoms with Gasteiger partial charge >= 0.3 is 19.9 Å². The molecular weight excluding hydrogens is 491 g/mol. The van der Waals surface area contributed by atoms with E-state index < -0.39 is 62.3 Å². The molecule has 2 amide bonds. The number of rotatable bonds is 17. The maximum absolute atomic E-state index is 13.0. The number of ether oxygens (including phenoxy) is 2. The maximum atomic E-state index is 13.0. The molecule has 0 saturated carbocycles. The molecule has 0 unspecified atom stereocenters. The van der Waals surface area contributed by atoms with Crippen molar-refractivity contribution in [1.29, 1.82) is 0 Å². The molecule has 2 N–H and O–H groups in total. The molecule has 212 valence electrons. The molecule has 0 aliphatic heterocycles. The van der Waals surface area contributed by atoms with Gasteiger partial charge in [0.2, 0.25) is 5.91 Å². The van der Waals surface area contributed by atoms with Crippen molar-refractivity contribution in [1.82, 2.24) is 10.6 Å². The van der Waals surface area contributed by atoms with Crippen LogP contribution < -0.4 is 10.6 Å². The van der Waals surface area contributed by atoms with E-state index in [2.05, 4.69) is 17.6 Å². The van der Waals surface area contributed by atoms with Gasteiger partial charge in [-0.1, -0.05) is 32.6 Å². The minimum atomic E-state index is -4.03. The summed E-state index contributed by atoms with van der Waals surface area (Å²) in [6.45, 7) is 14.9. The molecule has 36 heavy (non-hydrogen) atoms. The zero-order valence-corrected chi connectivity index (χ0v) is 24.3. The van der Waals surface area contributed by atoms with Gasteiger partial charge in [-0.3, -0.25) is 18.4 Å². The molecule has 0 radical (unpaired) electrons. The predicted molar refractivity (Wildman–Crippen MR) is 136 cm³/mol. The number of unbranched alkanes of at least 4 members (excludes halogenated alkanes) is 4. The lowest BCUT2D eigenvalue weighted by molar-refractivity contribution is -0.149. The van der Waals surface area contributed by atoms with Gasteiger partial charge in [0.05, 0.1) is 25.4 Å². The molecule has 0 spiro atoms. The van der Waals surface area contributed by atoms with Gasteiger partial charge < -0.3 is 20.1 Å². The van der Waals surface area contributed by atoms with Crippen LogP contribution in [-0.2, 0) is 37.2 Å². The highest BCUT2D eigenvalue weighted by Gasteiger charge is 2.34. The third kappa shape index (κ3) is 16.9. The van der Waals surface area contributed by atoms with Crippen molar-refractivity contribution in [3.8, 4) is 0 Å². The van der Waals surface area contributed by atoms with Crippen molar-refractivity contribution in [2.45, 2.75) is 124 Å². The van der Waals surface area contributed by atoms with Crippen LogP contribution in [-0.4, -0.2) is 61.1 Å². The number of hydrogen-bond acceptors (Lipinski definition) is 9. The van der Waals surface area contributed by atoms with E-state index >= 15 is 0 Å². The molecule has 0 bridgehead atoms. The van der Waals surface area contributed by atoms with Crippen molar-refractivity contribution in [2.24, 2.45) is 0 Å². The van der Waals surface area contributed by atoms with Crippen LogP contribution >= 0.6 is 7.82 Å². The lowest BCUT2D eigenvalue weighted by Gasteiger charge is -2.25. The first-order valence-corrected chi connectivity index (χ1v) is 14.1. The maximum Gasteiger partial charge on any atom is 0.475 e. The topological polar surface area (TPSA) is 138 Å². The van der Waals surface area contributed by atoms with Crippen LogP contribution in [0.3, 0.4) is 0 Å². The first kappa shape index (κ1) is 34.3. The third-order valence-electron chi connectivity index (χ3n) is 4.30. The Morgan fingerprint density at radius 3 is 1.92 bits per heavy atom. The van der Waals surface area contributed by atoms with Gasteiger partial charge in [-0.05, 0) is 61.8 Å². The SMILES string of the molecule is CCCCCCCOC(=O)[C@H](COP(=O)(OC(C)C)OC(C)C)NC(=O)[C@H](C)NC(=O)OC(C)(C)C. The molecule has 0 aliphatic rings. The Hall–Kier alpha value is -1.68. The lowest BCUT2D eigenvalue weighted by Crippen LogP contribution is -2.52. The standard InChI is InChI=1S/C24H47N2O9P/c1-10-11-12-13-14-15-31-22(28)20(16-32-36(30,34-17(2)3)35-18(4)5)26-21(27)19(6)25-23(29)33-24(7,8)9/h17-20H,10-16H2,1-9H3,(H,25,29)(H,26,27)/t19-,20-/m0/s1. The van der Waals surface area contributed by atoms with Gasteiger partial charge in [0.15, 0.2) is 6.04 Å². The average molecular weight is 539 g/mol. The molecule has 12 heteroatoms. The summed E-state index contributed by atoms with van der Waals surface area (Å²) in [5, 5.41) is 4.89. The van der Waals surface area contributed by atoms with Gasteiger partial charge in [-0.2, -0.15) is 0 Å². The van der Waals surface area contributed by atoms with Crippen LogP contribution in [0.5, 0.6) is 0 Å². The fourth-order valence-electron chi connectivity index (χ4n) is 2.76. The number of carbonyl (C=O) groups is 3. The van der Waals surface area contributed by atoms with Crippen LogP contribution in [0.25, 0.3) is 0 Å². The molecular formula is C24H47N2O9P. The number of phosphoric acid groups is 1. The number of phosphoric ester groups is 1. The largest absolute Gasteiger partial charge is 0.475 e. The van der Waals surface area contributed by atoms with E-state index in [0.29, 0.717) is 6.42 Å². The first-order valence-electron chi connectivity index (χ1n) is 12.7. The van der Waals surface area contributed by atoms with Crippen molar-refractivity contribution in [3.05, 3.63) is 0 Å². The molecule has 0 aliphatic carbocycles. The van der Waals surface area contributed by atoms with Gasteiger partial charge in [-0.25, -0.2) is 14.2 Å². The zero-order chi connectivity index (χ0) is 27.9. The quantitative estimate of drug-likeness (QED) is 0.151. The molecule has 0 saturated heterocycles. The smallest absolute Gasteiger partial charge is 0.464 e. The number of alkyl carbamates (subject to hydrolysis) is 1. The summed E-state index contributed by atoms with van der Waals surface area (Å²) in [6.07, 6.45) is 3.08. The van der Waals surface area contributed by atoms with E-state index in [1.54, 1.807) is 48.5 Å². The minimum Gasteiger partial charge on any atom is -0.464 e.